The van der Waals surface area contributed by atoms with Gasteiger partial charge in [0.05, 0.1) is 0 Å². The van der Waals surface area contributed by atoms with E-state index in [1.807, 2.05) is 0 Å². The molecule has 2 aliphatic rings. The van der Waals surface area contributed by atoms with Gasteiger partial charge in [-0.1, -0.05) is 0 Å². The molecule has 0 saturated carbocycles. The van der Waals surface area contributed by atoms with Gasteiger partial charge in [0.15, 0.2) is 0 Å². The summed E-state index contributed by atoms with van der Waals surface area (Å²) in [6, 6.07) is 0.470. The van der Waals surface area contributed by atoms with E-state index in [-0.39, 0.29) is 0 Å². The standard InChI is InChI=1S/C11H23N3/c1-13-5-2-10(8-13)9-14-6-3-11(12)4-7-14/h10-11H,2-9,12H2,1H3. The molecule has 2 saturated heterocycles. The normalized spacial score (nSPS) is 32.6. The van der Waals surface area contributed by atoms with Crippen LogP contribution < -0.4 is 5.73 Å². The van der Waals surface area contributed by atoms with Gasteiger partial charge in [0, 0.05) is 19.1 Å². The quantitative estimate of drug-likeness (QED) is 0.694. The minimum absolute atomic E-state index is 0.470. The summed E-state index contributed by atoms with van der Waals surface area (Å²) in [4.78, 5) is 5.05. The first-order valence-corrected chi connectivity index (χ1v) is 5.90. The van der Waals surface area contributed by atoms with Crippen molar-refractivity contribution >= 4 is 0 Å². The van der Waals surface area contributed by atoms with Gasteiger partial charge in [0.25, 0.3) is 0 Å². The van der Waals surface area contributed by atoms with Crippen LogP contribution >= 0.6 is 0 Å². The van der Waals surface area contributed by atoms with Crippen molar-refractivity contribution < 1.29 is 0 Å². The van der Waals surface area contributed by atoms with Crippen molar-refractivity contribution in [2.24, 2.45) is 11.7 Å². The van der Waals surface area contributed by atoms with Gasteiger partial charge in [-0.25, -0.2) is 0 Å². The summed E-state index contributed by atoms with van der Waals surface area (Å²) >= 11 is 0. The minimum atomic E-state index is 0.470. The van der Waals surface area contributed by atoms with Gasteiger partial charge in [-0.3, -0.25) is 0 Å². The van der Waals surface area contributed by atoms with E-state index in [1.165, 1.54) is 52.0 Å². The SMILES string of the molecule is CN1CCC(CN2CCC(N)CC2)C1. The summed E-state index contributed by atoms with van der Waals surface area (Å²) < 4.78 is 0. The molecule has 2 rings (SSSR count). The van der Waals surface area contributed by atoms with E-state index in [4.69, 9.17) is 5.73 Å². The Morgan fingerprint density at radius 2 is 1.86 bits per heavy atom. The Labute approximate surface area is 87.2 Å². The smallest absolute Gasteiger partial charge is 0.00631 e. The molecule has 2 fully saturated rings. The molecule has 0 aromatic rings. The molecule has 0 amide bonds. The molecular weight excluding hydrogens is 174 g/mol. The molecule has 0 aromatic carbocycles. The first kappa shape index (κ1) is 10.4. The lowest BCUT2D eigenvalue weighted by Crippen LogP contribution is -2.42. The summed E-state index contributed by atoms with van der Waals surface area (Å²) in [6.07, 6.45) is 3.78. The largest absolute Gasteiger partial charge is 0.328 e. The van der Waals surface area contributed by atoms with Gasteiger partial charge >= 0.3 is 0 Å². The molecule has 14 heavy (non-hydrogen) atoms. The Bertz CT molecular complexity index is 175. The van der Waals surface area contributed by atoms with Crippen molar-refractivity contribution in [1.82, 2.24) is 9.80 Å². The summed E-state index contributed by atoms with van der Waals surface area (Å²) in [5.74, 6) is 0.911. The zero-order valence-corrected chi connectivity index (χ0v) is 9.28. The molecule has 0 spiro atoms. The number of hydrogen-bond donors (Lipinski definition) is 1. The van der Waals surface area contributed by atoms with Gasteiger partial charge in [-0.15, -0.1) is 0 Å². The van der Waals surface area contributed by atoms with Gasteiger partial charge in [-0.05, 0) is 51.9 Å². The minimum Gasteiger partial charge on any atom is -0.328 e. The second kappa shape index (κ2) is 4.60. The Kier molecular flexibility index (Phi) is 3.42. The molecule has 82 valence electrons. The van der Waals surface area contributed by atoms with Crippen molar-refractivity contribution in [3.63, 3.8) is 0 Å². The lowest BCUT2D eigenvalue weighted by Gasteiger charge is -2.31. The topological polar surface area (TPSA) is 32.5 Å². The summed E-state index contributed by atoms with van der Waals surface area (Å²) in [7, 11) is 2.23. The van der Waals surface area contributed by atoms with Crippen LogP contribution in [0, 0.1) is 5.92 Å². The van der Waals surface area contributed by atoms with Crippen molar-refractivity contribution in [3.05, 3.63) is 0 Å². The number of nitrogens with zero attached hydrogens (tertiary/aromatic N) is 2. The van der Waals surface area contributed by atoms with E-state index in [9.17, 15) is 0 Å². The van der Waals surface area contributed by atoms with E-state index < -0.39 is 0 Å². The van der Waals surface area contributed by atoms with E-state index >= 15 is 0 Å². The number of piperidine rings is 1. The van der Waals surface area contributed by atoms with Crippen LogP contribution in [0.4, 0.5) is 0 Å². The average molecular weight is 197 g/mol. The summed E-state index contributed by atoms with van der Waals surface area (Å²) in [6.45, 7) is 6.33. The van der Waals surface area contributed by atoms with Crippen LogP contribution in [0.25, 0.3) is 0 Å². The second-order valence-corrected chi connectivity index (χ2v) is 5.05. The lowest BCUT2D eigenvalue weighted by molar-refractivity contribution is 0.184. The van der Waals surface area contributed by atoms with Gasteiger partial charge in [0.1, 0.15) is 0 Å². The molecule has 0 aliphatic carbocycles. The molecule has 0 bridgehead atoms. The highest BCUT2D eigenvalue weighted by Crippen LogP contribution is 2.18. The monoisotopic (exact) mass is 197 g/mol. The van der Waals surface area contributed by atoms with Gasteiger partial charge in [0.2, 0.25) is 0 Å². The van der Waals surface area contributed by atoms with E-state index in [1.54, 1.807) is 0 Å². The van der Waals surface area contributed by atoms with Crippen LogP contribution in [0.15, 0.2) is 0 Å². The number of hydrogen-bond acceptors (Lipinski definition) is 3. The molecule has 2 N–H and O–H groups in total. The Balaban J connectivity index is 1.70. The van der Waals surface area contributed by atoms with Crippen LogP contribution in [0.5, 0.6) is 0 Å². The van der Waals surface area contributed by atoms with Crippen LogP contribution in [0.2, 0.25) is 0 Å². The fraction of sp³-hybridized carbons (Fsp3) is 1.00. The number of nitrogens with two attached hydrogens (primary N) is 1. The zero-order chi connectivity index (χ0) is 9.97. The third-order valence-electron chi connectivity index (χ3n) is 3.64. The maximum atomic E-state index is 5.89. The van der Waals surface area contributed by atoms with Crippen LogP contribution in [-0.2, 0) is 0 Å². The Morgan fingerprint density at radius 1 is 1.14 bits per heavy atom. The zero-order valence-electron chi connectivity index (χ0n) is 9.28. The van der Waals surface area contributed by atoms with Crippen molar-refractivity contribution in [2.45, 2.75) is 25.3 Å². The molecule has 3 heteroatoms. The summed E-state index contributed by atoms with van der Waals surface area (Å²) in [5, 5.41) is 0. The maximum absolute atomic E-state index is 5.89. The van der Waals surface area contributed by atoms with Crippen LogP contribution in [0.3, 0.4) is 0 Å². The lowest BCUT2D eigenvalue weighted by atomic mass is 10.0. The van der Waals surface area contributed by atoms with Crippen LogP contribution in [0.1, 0.15) is 19.3 Å². The third-order valence-corrected chi connectivity index (χ3v) is 3.64. The molecule has 0 aromatic heterocycles. The van der Waals surface area contributed by atoms with Crippen molar-refractivity contribution in [3.8, 4) is 0 Å². The van der Waals surface area contributed by atoms with Crippen molar-refractivity contribution in [2.75, 3.05) is 39.8 Å². The maximum Gasteiger partial charge on any atom is 0.00631 e. The molecular formula is C11H23N3. The predicted molar refractivity (Wildman–Crippen MR) is 59.3 cm³/mol. The molecule has 2 heterocycles. The number of likely N-dealkylation sites (tertiary alicyclic amines) is 2. The fourth-order valence-electron chi connectivity index (χ4n) is 2.68. The highest BCUT2D eigenvalue weighted by molar-refractivity contribution is 4.80. The first-order chi connectivity index (χ1) is 6.74. The van der Waals surface area contributed by atoms with Crippen molar-refractivity contribution in [1.29, 1.82) is 0 Å². The average Bonchev–Trinajstić information content (AvgIpc) is 2.56. The predicted octanol–water partition coefficient (Wildman–Crippen LogP) is 0.361. The van der Waals surface area contributed by atoms with E-state index in [0.29, 0.717) is 6.04 Å². The third kappa shape index (κ3) is 2.69. The highest BCUT2D eigenvalue weighted by Gasteiger charge is 2.23. The second-order valence-electron chi connectivity index (χ2n) is 5.05. The summed E-state index contributed by atoms with van der Waals surface area (Å²) in [5.41, 5.74) is 5.89. The first-order valence-electron chi connectivity index (χ1n) is 5.90. The molecule has 3 nitrogen and oxygen atoms in total. The fourth-order valence-corrected chi connectivity index (χ4v) is 2.68. The molecule has 0 radical (unpaired) electrons. The van der Waals surface area contributed by atoms with Gasteiger partial charge in [-0.2, -0.15) is 0 Å². The molecule has 2 aliphatic heterocycles. The molecule has 1 unspecified atom stereocenters. The van der Waals surface area contributed by atoms with Gasteiger partial charge < -0.3 is 15.5 Å². The number of rotatable bonds is 2. The highest BCUT2D eigenvalue weighted by atomic mass is 15.2. The van der Waals surface area contributed by atoms with E-state index in [2.05, 4.69) is 16.8 Å². The Hall–Kier alpha value is -0.120. The Morgan fingerprint density at radius 3 is 2.43 bits per heavy atom. The molecule has 1 atom stereocenters. The van der Waals surface area contributed by atoms with E-state index in [0.717, 1.165) is 5.92 Å². The van der Waals surface area contributed by atoms with Crippen LogP contribution in [-0.4, -0.2) is 55.6 Å².